The van der Waals surface area contributed by atoms with E-state index in [2.05, 4.69) is 59.7 Å². The van der Waals surface area contributed by atoms with Gasteiger partial charge in [0.2, 0.25) is 5.91 Å². The largest absolute Gasteiger partial charge is 0.323 e. The van der Waals surface area contributed by atoms with Crippen molar-refractivity contribution in [3.05, 3.63) is 35.4 Å². The number of carbonyl (C=O) groups is 1. The molecule has 176 valence electrons. The number of carbonyl (C=O) groups excluding carboxylic acids is 1. The summed E-state index contributed by atoms with van der Waals surface area (Å²) in [6.07, 6.45) is 15.2. The summed E-state index contributed by atoms with van der Waals surface area (Å²) >= 11 is 0. The van der Waals surface area contributed by atoms with Gasteiger partial charge in [0.05, 0.1) is 0 Å². The summed E-state index contributed by atoms with van der Waals surface area (Å²) in [4.78, 5) is 17.6. The number of hydrogen-bond donors (Lipinski definition) is 2. The highest BCUT2D eigenvalue weighted by atomic mass is 16.2. The average Bonchev–Trinajstić information content (AvgIpc) is 2.80. The molecular formula is C26H46N4O. The first-order valence-electron chi connectivity index (χ1n) is 11.1. The van der Waals surface area contributed by atoms with Crippen LogP contribution in [-0.4, -0.2) is 53.4 Å². The van der Waals surface area contributed by atoms with E-state index >= 15 is 0 Å². The van der Waals surface area contributed by atoms with Crippen LogP contribution in [0.3, 0.4) is 0 Å². The van der Waals surface area contributed by atoms with E-state index in [9.17, 15) is 4.79 Å². The molecule has 2 rings (SSSR count). The fourth-order valence-electron chi connectivity index (χ4n) is 2.81. The highest BCUT2D eigenvalue weighted by Crippen LogP contribution is 2.29. The summed E-state index contributed by atoms with van der Waals surface area (Å²) in [5, 5.41) is 5.77. The Balaban J connectivity index is -0.000000549. The number of fused-ring (bicyclic) bond motifs is 1. The Labute approximate surface area is 192 Å². The lowest BCUT2D eigenvalue weighted by Gasteiger charge is -2.29. The van der Waals surface area contributed by atoms with Crippen LogP contribution in [0.5, 0.6) is 0 Å². The number of aryl methyl sites for hydroxylation is 1. The van der Waals surface area contributed by atoms with Crippen molar-refractivity contribution in [1.29, 1.82) is 0 Å². The van der Waals surface area contributed by atoms with Crippen molar-refractivity contribution < 1.29 is 4.79 Å². The number of nitrogens with one attached hydrogen (secondary N) is 2. The number of hydrogen-bond acceptors (Lipinski definition) is 4. The van der Waals surface area contributed by atoms with Crippen molar-refractivity contribution in [2.45, 2.75) is 53.9 Å². The van der Waals surface area contributed by atoms with E-state index in [1.165, 1.54) is 12.0 Å². The number of rotatable bonds is 4. The number of nitrogens with zero attached hydrogens (tertiary/aromatic N) is 2. The van der Waals surface area contributed by atoms with Gasteiger partial charge in [0, 0.05) is 32.4 Å². The summed E-state index contributed by atoms with van der Waals surface area (Å²) in [7, 11) is 7.49. The van der Waals surface area contributed by atoms with Crippen LogP contribution in [0, 0.1) is 12.8 Å². The second-order valence-electron chi connectivity index (χ2n) is 6.35. The Hall–Kier alpha value is -2.42. The smallest absolute Gasteiger partial charge is 0.223 e. The molecule has 1 aromatic carbocycles. The number of benzene rings is 1. The molecule has 1 aliphatic heterocycles. The summed E-state index contributed by atoms with van der Waals surface area (Å²) in [6.45, 7) is 11.8. The molecule has 1 aliphatic rings. The van der Waals surface area contributed by atoms with Crippen LogP contribution in [0.15, 0.2) is 29.3 Å². The molecule has 2 N–H and O–H groups in total. The molecule has 1 heterocycles. The Morgan fingerprint density at radius 2 is 1.81 bits per heavy atom. The molecule has 1 aromatic rings. The molecule has 0 spiro atoms. The first-order chi connectivity index (χ1) is 15.0. The molecule has 0 fully saturated rings. The molecule has 5 heteroatoms. The standard InChI is InChI=1S/C16H20N2O.C4H11N.C2H7N.C2H6.C2H2/c1-4-13(11-17-3)14-7-8-16-15(10-14)6-5-9-18(16)12(2)19;1-3-4-5-2;1-3-2;2*1-2/h4,7-8,10-11H,5-6,9H2,1-3H3;5H,3-4H2,1-2H3;3H,1-2H3;1-2H3;1-2H/b13-4+,17-11?;;;;. The van der Waals surface area contributed by atoms with E-state index in [0.29, 0.717) is 0 Å². The van der Waals surface area contributed by atoms with Gasteiger partial charge >= 0.3 is 0 Å². The van der Waals surface area contributed by atoms with E-state index in [-0.39, 0.29) is 5.91 Å². The Morgan fingerprint density at radius 3 is 2.19 bits per heavy atom. The molecule has 1 amide bonds. The molecule has 5 nitrogen and oxygen atoms in total. The van der Waals surface area contributed by atoms with Crippen LogP contribution < -0.4 is 15.5 Å². The van der Waals surface area contributed by atoms with Gasteiger partial charge in [-0.1, -0.05) is 32.9 Å². The summed E-state index contributed by atoms with van der Waals surface area (Å²) in [6, 6.07) is 6.30. The molecular weight excluding hydrogens is 384 g/mol. The van der Waals surface area contributed by atoms with Gasteiger partial charge in [-0.3, -0.25) is 9.79 Å². The fraction of sp³-hybridized carbons (Fsp3) is 0.538. The maximum atomic E-state index is 11.6. The Morgan fingerprint density at radius 1 is 1.23 bits per heavy atom. The van der Waals surface area contributed by atoms with E-state index in [1.54, 1.807) is 14.0 Å². The van der Waals surface area contributed by atoms with E-state index in [0.717, 1.165) is 42.8 Å². The molecule has 0 aliphatic carbocycles. The summed E-state index contributed by atoms with van der Waals surface area (Å²) in [5.41, 5.74) is 4.59. The molecule has 0 unspecified atom stereocenters. The van der Waals surface area contributed by atoms with Gasteiger partial charge in [0.1, 0.15) is 0 Å². The van der Waals surface area contributed by atoms with E-state index in [4.69, 9.17) is 0 Å². The van der Waals surface area contributed by atoms with Gasteiger partial charge in [-0.2, -0.15) is 0 Å². The monoisotopic (exact) mass is 430 g/mol. The molecule has 0 saturated heterocycles. The van der Waals surface area contributed by atoms with Crippen LogP contribution in [0.2, 0.25) is 0 Å². The highest BCUT2D eigenvalue weighted by Gasteiger charge is 2.20. The van der Waals surface area contributed by atoms with Crippen LogP contribution in [-0.2, 0) is 11.2 Å². The highest BCUT2D eigenvalue weighted by molar-refractivity contribution is 6.10. The third-order valence-electron chi connectivity index (χ3n) is 3.99. The van der Waals surface area contributed by atoms with Gasteiger partial charge in [-0.15, -0.1) is 12.8 Å². The summed E-state index contributed by atoms with van der Waals surface area (Å²) < 4.78 is 0. The van der Waals surface area contributed by atoms with Gasteiger partial charge in [-0.25, -0.2) is 0 Å². The lowest BCUT2D eigenvalue weighted by atomic mass is 9.96. The quantitative estimate of drug-likeness (QED) is 0.532. The van der Waals surface area contributed by atoms with Crippen LogP contribution in [0.25, 0.3) is 5.57 Å². The molecule has 0 bridgehead atoms. The number of aliphatic imine (C=N–C) groups is 1. The van der Waals surface area contributed by atoms with Crippen molar-refractivity contribution >= 4 is 23.4 Å². The second-order valence-corrected chi connectivity index (χ2v) is 6.35. The van der Waals surface area contributed by atoms with Crippen molar-refractivity contribution in [1.82, 2.24) is 10.6 Å². The predicted octanol–water partition coefficient (Wildman–Crippen LogP) is 4.82. The average molecular weight is 431 g/mol. The van der Waals surface area contributed by atoms with Crippen LogP contribution >= 0.6 is 0 Å². The minimum atomic E-state index is 0.120. The molecule has 0 aromatic heterocycles. The zero-order chi connectivity index (χ0) is 24.7. The maximum Gasteiger partial charge on any atom is 0.223 e. The third-order valence-corrected chi connectivity index (χ3v) is 3.99. The maximum absolute atomic E-state index is 11.6. The minimum absolute atomic E-state index is 0.120. The third kappa shape index (κ3) is 14.3. The van der Waals surface area contributed by atoms with Gasteiger partial charge in [-0.05, 0) is 82.7 Å². The predicted molar refractivity (Wildman–Crippen MR) is 141 cm³/mol. The SMILES string of the molecule is C#C.C/C=C(\C=NC)c1ccc2c(c1)CCCN2C(C)=O.CC.CCCNC.CNC. The molecule has 0 saturated carbocycles. The molecule has 0 radical (unpaired) electrons. The Bertz CT molecular complexity index is 646. The van der Waals surface area contributed by atoms with Gasteiger partial charge < -0.3 is 15.5 Å². The van der Waals surface area contributed by atoms with E-state index < -0.39 is 0 Å². The van der Waals surface area contributed by atoms with Crippen molar-refractivity contribution in [3.63, 3.8) is 0 Å². The zero-order valence-corrected chi connectivity index (χ0v) is 21.4. The Kier molecular flexibility index (Phi) is 25.6. The normalized spacial score (nSPS) is 11.8. The van der Waals surface area contributed by atoms with Gasteiger partial charge in [0.15, 0.2) is 0 Å². The number of amides is 1. The number of terminal acetylenes is 1. The molecule has 31 heavy (non-hydrogen) atoms. The second kappa shape index (κ2) is 23.9. The lowest BCUT2D eigenvalue weighted by Crippen LogP contribution is -2.33. The fourth-order valence-corrected chi connectivity index (χ4v) is 2.81. The van der Waals surface area contributed by atoms with Gasteiger partial charge in [0.25, 0.3) is 0 Å². The van der Waals surface area contributed by atoms with Crippen LogP contribution in [0.1, 0.15) is 58.6 Å². The van der Waals surface area contributed by atoms with Crippen molar-refractivity contribution in [3.8, 4) is 12.8 Å². The van der Waals surface area contributed by atoms with Crippen molar-refractivity contribution in [2.75, 3.05) is 46.2 Å². The lowest BCUT2D eigenvalue weighted by molar-refractivity contribution is -0.116. The number of allylic oxidation sites excluding steroid dienone is 2. The first kappa shape index (κ1) is 33.2. The van der Waals surface area contributed by atoms with Crippen LogP contribution in [0.4, 0.5) is 5.69 Å². The van der Waals surface area contributed by atoms with Crippen molar-refractivity contribution in [2.24, 2.45) is 4.99 Å². The number of anilines is 1. The topological polar surface area (TPSA) is 56.7 Å². The first-order valence-corrected chi connectivity index (χ1v) is 11.1. The minimum Gasteiger partial charge on any atom is -0.323 e. The summed E-state index contributed by atoms with van der Waals surface area (Å²) in [5.74, 6) is 0.120. The molecule has 0 atom stereocenters. The van der Waals surface area contributed by atoms with E-state index in [1.807, 2.05) is 53.0 Å². The zero-order valence-electron chi connectivity index (χ0n) is 21.4.